The standard InChI is InChI=1S/C10H11NO4/c1-2-5-15-10-4-3-9(11(13)14)6-8(10)7-12/h2-4,6,12H,1,5,7H2. The van der Waals surface area contributed by atoms with Crippen LogP contribution in [-0.2, 0) is 6.61 Å². The predicted octanol–water partition coefficient (Wildman–Crippen LogP) is 1.65. The highest BCUT2D eigenvalue weighted by Crippen LogP contribution is 2.24. The molecule has 0 atom stereocenters. The van der Waals surface area contributed by atoms with Crippen LogP contribution in [0.1, 0.15) is 5.56 Å². The summed E-state index contributed by atoms with van der Waals surface area (Å²) < 4.78 is 5.21. The summed E-state index contributed by atoms with van der Waals surface area (Å²) in [5.41, 5.74) is 0.330. The molecule has 5 heteroatoms. The monoisotopic (exact) mass is 209 g/mol. The zero-order chi connectivity index (χ0) is 11.3. The molecule has 0 saturated carbocycles. The van der Waals surface area contributed by atoms with Crippen molar-refractivity contribution in [3.63, 3.8) is 0 Å². The Morgan fingerprint density at radius 2 is 2.33 bits per heavy atom. The normalized spacial score (nSPS) is 9.67. The predicted molar refractivity (Wildman–Crippen MR) is 54.7 cm³/mol. The number of rotatable bonds is 5. The van der Waals surface area contributed by atoms with Gasteiger partial charge in [-0.3, -0.25) is 10.1 Å². The molecule has 0 aliphatic heterocycles. The van der Waals surface area contributed by atoms with Gasteiger partial charge in [0.2, 0.25) is 0 Å². The van der Waals surface area contributed by atoms with Crippen LogP contribution in [0.5, 0.6) is 5.75 Å². The van der Waals surface area contributed by atoms with Gasteiger partial charge in [-0.1, -0.05) is 12.7 Å². The topological polar surface area (TPSA) is 72.6 Å². The Hall–Kier alpha value is -1.88. The first kappa shape index (κ1) is 11.2. The highest BCUT2D eigenvalue weighted by Gasteiger charge is 2.10. The molecule has 1 aromatic rings. The van der Waals surface area contributed by atoms with Gasteiger partial charge in [0.1, 0.15) is 12.4 Å². The smallest absolute Gasteiger partial charge is 0.270 e. The van der Waals surface area contributed by atoms with Gasteiger partial charge >= 0.3 is 0 Å². The van der Waals surface area contributed by atoms with E-state index in [9.17, 15) is 10.1 Å². The Morgan fingerprint density at radius 3 is 2.87 bits per heavy atom. The molecule has 1 N–H and O–H groups in total. The van der Waals surface area contributed by atoms with Crippen LogP contribution in [0.4, 0.5) is 5.69 Å². The zero-order valence-electron chi connectivity index (χ0n) is 8.05. The SMILES string of the molecule is C=CCOc1ccc([N+](=O)[O-])cc1CO. The molecule has 0 amide bonds. The first-order valence-corrected chi connectivity index (χ1v) is 4.31. The molecule has 0 aliphatic rings. The van der Waals surface area contributed by atoms with Crippen molar-refractivity contribution in [3.8, 4) is 5.75 Å². The summed E-state index contributed by atoms with van der Waals surface area (Å²) in [5, 5.41) is 19.5. The van der Waals surface area contributed by atoms with Crippen LogP contribution in [0.3, 0.4) is 0 Å². The minimum atomic E-state index is -0.517. The van der Waals surface area contributed by atoms with Gasteiger partial charge in [0, 0.05) is 17.7 Å². The summed E-state index contributed by atoms with van der Waals surface area (Å²) in [6, 6.07) is 4.09. The van der Waals surface area contributed by atoms with Gasteiger partial charge in [-0.25, -0.2) is 0 Å². The summed E-state index contributed by atoms with van der Waals surface area (Å²) in [6.07, 6.45) is 1.56. The quantitative estimate of drug-likeness (QED) is 0.454. The van der Waals surface area contributed by atoms with Crippen molar-refractivity contribution in [1.29, 1.82) is 0 Å². The van der Waals surface area contributed by atoms with Crippen LogP contribution in [-0.4, -0.2) is 16.6 Å². The fourth-order valence-electron chi connectivity index (χ4n) is 1.09. The average molecular weight is 209 g/mol. The molecule has 15 heavy (non-hydrogen) atoms. The maximum Gasteiger partial charge on any atom is 0.270 e. The van der Waals surface area contributed by atoms with Crippen molar-refractivity contribution in [3.05, 3.63) is 46.5 Å². The van der Waals surface area contributed by atoms with Crippen LogP contribution in [0, 0.1) is 10.1 Å². The van der Waals surface area contributed by atoms with Crippen LogP contribution >= 0.6 is 0 Å². The van der Waals surface area contributed by atoms with Crippen LogP contribution in [0.2, 0.25) is 0 Å². The number of nitro groups is 1. The Kier molecular flexibility index (Phi) is 3.82. The third-order valence-corrected chi connectivity index (χ3v) is 1.78. The maximum absolute atomic E-state index is 10.5. The number of hydrogen-bond donors (Lipinski definition) is 1. The number of aliphatic hydroxyl groups excluding tert-OH is 1. The van der Waals surface area contributed by atoms with Crippen LogP contribution in [0.25, 0.3) is 0 Å². The van der Waals surface area contributed by atoms with Crippen molar-refractivity contribution >= 4 is 5.69 Å². The van der Waals surface area contributed by atoms with E-state index in [4.69, 9.17) is 9.84 Å². The molecule has 0 fully saturated rings. The lowest BCUT2D eigenvalue weighted by Gasteiger charge is -2.07. The van der Waals surface area contributed by atoms with Crippen molar-refractivity contribution in [2.24, 2.45) is 0 Å². The minimum Gasteiger partial charge on any atom is -0.489 e. The minimum absolute atomic E-state index is 0.0648. The summed E-state index contributed by atoms with van der Waals surface area (Å²) in [5.74, 6) is 0.433. The summed E-state index contributed by atoms with van der Waals surface area (Å²) >= 11 is 0. The van der Waals surface area contributed by atoms with E-state index >= 15 is 0 Å². The van der Waals surface area contributed by atoms with Crippen molar-refractivity contribution < 1.29 is 14.8 Å². The van der Waals surface area contributed by atoms with Crippen LogP contribution < -0.4 is 4.74 Å². The average Bonchev–Trinajstić information content (AvgIpc) is 2.25. The first-order valence-electron chi connectivity index (χ1n) is 4.31. The first-order chi connectivity index (χ1) is 7.19. The van der Waals surface area contributed by atoms with Gasteiger partial charge < -0.3 is 9.84 Å². The highest BCUT2D eigenvalue weighted by atomic mass is 16.6. The maximum atomic E-state index is 10.5. The molecule has 5 nitrogen and oxygen atoms in total. The number of benzene rings is 1. The van der Waals surface area contributed by atoms with Gasteiger partial charge in [-0.05, 0) is 6.07 Å². The number of nitrogens with zero attached hydrogens (tertiary/aromatic N) is 1. The van der Waals surface area contributed by atoms with Gasteiger partial charge in [-0.2, -0.15) is 0 Å². The van der Waals surface area contributed by atoms with E-state index < -0.39 is 4.92 Å². The van der Waals surface area contributed by atoms with Gasteiger partial charge in [0.25, 0.3) is 5.69 Å². The molecule has 0 aromatic heterocycles. The fourth-order valence-corrected chi connectivity index (χ4v) is 1.09. The van der Waals surface area contributed by atoms with Crippen LogP contribution in [0.15, 0.2) is 30.9 Å². The second-order valence-electron chi connectivity index (χ2n) is 2.81. The Morgan fingerprint density at radius 1 is 1.60 bits per heavy atom. The highest BCUT2D eigenvalue weighted by molar-refractivity contribution is 5.43. The van der Waals surface area contributed by atoms with Crippen molar-refractivity contribution in [1.82, 2.24) is 0 Å². The lowest BCUT2D eigenvalue weighted by Crippen LogP contribution is -1.98. The summed E-state index contributed by atoms with van der Waals surface area (Å²) in [4.78, 5) is 9.94. The lowest BCUT2D eigenvalue weighted by atomic mass is 10.2. The largest absolute Gasteiger partial charge is 0.489 e. The van der Waals surface area contributed by atoms with Crippen molar-refractivity contribution in [2.75, 3.05) is 6.61 Å². The summed E-state index contributed by atoms with van der Waals surface area (Å²) in [7, 11) is 0. The Bertz CT molecular complexity index is 376. The molecular formula is C10H11NO4. The Labute approximate surface area is 86.8 Å². The number of hydrogen-bond acceptors (Lipinski definition) is 4. The molecule has 0 radical (unpaired) electrons. The van der Waals surface area contributed by atoms with Gasteiger partial charge in [0.15, 0.2) is 0 Å². The third-order valence-electron chi connectivity index (χ3n) is 1.78. The zero-order valence-corrected chi connectivity index (χ0v) is 8.05. The molecular weight excluding hydrogens is 198 g/mol. The van der Waals surface area contributed by atoms with Crippen molar-refractivity contribution in [2.45, 2.75) is 6.61 Å². The van der Waals surface area contributed by atoms with Gasteiger partial charge in [-0.15, -0.1) is 0 Å². The number of ether oxygens (including phenoxy) is 1. The van der Waals surface area contributed by atoms with Gasteiger partial charge in [0.05, 0.1) is 11.5 Å². The van der Waals surface area contributed by atoms with E-state index in [0.29, 0.717) is 17.9 Å². The molecule has 1 rings (SSSR count). The molecule has 0 heterocycles. The molecule has 80 valence electrons. The number of aliphatic hydroxyl groups is 1. The van der Waals surface area contributed by atoms with E-state index in [-0.39, 0.29) is 12.3 Å². The molecule has 0 aliphatic carbocycles. The molecule has 1 aromatic carbocycles. The number of nitro benzene ring substituents is 1. The Balaban J connectivity index is 2.97. The molecule has 0 unspecified atom stereocenters. The second kappa shape index (κ2) is 5.11. The summed E-state index contributed by atoms with van der Waals surface area (Å²) in [6.45, 7) is 3.48. The molecule has 0 spiro atoms. The second-order valence-corrected chi connectivity index (χ2v) is 2.81. The van der Waals surface area contributed by atoms with E-state index in [1.807, 2.05) is 0 Å². The van der Waals surface area contributed by atoms with E-state index in [1.54, 1.807) is 6.08 Å². The lowest BCUT2D eigenvalue weighted by molar-refractivity contribution is -0.385. The number of non-ortho nitro benzene ring substituents is 1. The van der Waals surface area contributed by atoms with E-state index in [1.165, 1.54) is 18.2 Å². The third kappa shape index (κ3) is 2.78. The molecule has 0 bridgehead atoms. The molecule has 0 saturated heterocycles. The van der Waals surface area contributed by atoms with E-state index in [0.717, 1.165) is 0 Å². The van der Waals surface area contributed by atoms with E-state index in [2.05, 4.69) is 6.58 Å². The fraction of sp³-hybridized carbons (Fsp3) is 0.200.